The fraction of sp³-hybridized carbons (Fsp3) is 0.471. The van der Waals surface area contributed by atoms with Gasteiger partial charge in [0.1, 0.15) is 0 Å². The quantitative estimate of drug-likeness (QED) is 0.572. The van der Waals surface area contributed by atoms with Crippen molar-refractivity contribution in [2.75, 3.05) is 6.61 Å². The summed E-state index contributed by atoms with van der Waals surface area (Å²) in [6.45, 7) is 2.26. The van der Waals surface area contributed by atoms with E-state index in [0.29, 0.717) is 18.1 Å². The van der Waals surface area contributed by atoms with E-state index in [0.717, 1.165) is 10.0 Å². The van der Waals surface area contributed by atoms with Gasteiger partial charge in [-0.15, -0.1) is 0 Å². The predicted octanol–water partition coefficient (Wildman–Crippen LogP) is 4.98. The first-order valence-electron chi connectivity index (χ1n) is 7.35. The minimum atomic E-state index is -0.208. The molecule has 1 aromatic rings. The molecule has 0 aliphatic heterocycles. The van der Waals surface area contributed by atoms with E-state index in [2.05, 4.69) is 22.0 Å². The maximum Gasteiger partial charge on any atom is 0.338 e. The fourth-order valence-corrected chi connectivity index (χ4v) is 2.92. The number of hydrogen-bond acceptors (Lipinski definition) is 2. The van der Waals surface area contributed by atoms with Crippen molar-refractivity contribution in [1.29, 1.82) is 0 Å². The topological polar surface area (TPSA) is 26.3 Å². The van der Waals surface area contributed by atoms with E-state index in [1.54, 1.807) is 0 Å². The Bertz CT molecular complexity index is 470. The minimum Gasteiger partial charge on any atom is -0.462 e. The van der Waals surface area contributed by atoms with E-state index in [1.807, 2.05) is 31.2 Å². The van der Waals surface area contributed by atoms with Gasteiger partial charge in [0.15, 0.2) is 0 Å². The number of ether oxygens (including phenoxy) is 1. The highest BCUT2D eigenvalue weighted by Crippen LogP contribution is 2.29. The first-order chi connectivity index (χ1) is 9.70. The molecule has 0 saturated heterocycles. The number of rotatable bonds is 4. The highest BCUT2D eigenvalue weighted by Gasteiger charge is 2.18. The number of halogens is 1. The van der Waals surface area contributed by atoms with Crippen LogP contribution in [-0.4, -0.2) is 12.6 Å². The van der Waals surface area contributed by atoms with E-state index >= 15 is 0 Å². The average Bonchev–Trinajstić information content (AvgIpc) is 2.47. The van der Waals surface area contributed by atoms with Gasteiger partial charge < -0.3 is 4.74 Å². The fourth-order valence-electron chi connectivity index (χ4n) is 2.66. The highest BCUT2D eigenvalue weighted by atomic mass is 79.9. The molecule has 0 N–H and O–H groups in total. The zero-order valence-electron chi connectivity index (χ0n) is 11.9. The van der Waals surface area contributed by atoms with Crippen LogP contribution < -0.4 is 0 Å². The van der Waals surface area contributed by atoms with Gasteiger partial charge in [-0.25, -0.2) is 4.79 Å². The standard InChI is InChI=1S/C17H21BrO2/c1-2-20-17(19)16(12-13-6-4-3-5-7-13)14-8-10-15(18)11-9-14/h8-13H,2-7H2,1H3. The molecule has 1 aromatic carbocycles. The normalized spacial score (nSPS) is 17.0. The van der Waals surface area contributed by atoms with Crippen LogP contribution in [0.2, 0.25) is 0 Å². The molecule has 0 bridgehead atoms. The van der Waals surface area contributed by atoms with Gasteiger partial charge in [0.25, 0.3) is 0 Å². The Hall–Kier alpha value is -1.09. The second kappa shape index (κ2) is 7.63. The summed E-state index contributed by atoms with van der Waals surface area (Å²) in [6, 6.07) is 7.86. The van der Waals surface area contributed by atoms with Gasteiger partial charge in [-0.3, -0.25) is 0 Å². The molecule has 0 spiro atoms. The van der Waals surface area contributed by atoms with Crippen molar-refractivity contribution in [3.05, 3.63) is 40.4 Å². The summed E-state index contributed by atoms with van der Waals surface area (Å²) in [7, 11) is 0. The Morgan fingerprint density at radius 2 is 1.90 bits per heavy atom. The molecule has 2 nitrogen and oxygen atoms in total. The van der Waals surface area contributed by atoms with Gasteiger partial charge in [0.05, 0.1) is 12.2 Å². The third kappa shape index (κ3) is 4.20. The lowest BCUT2D eigenvalue weighted by Crippen LogP contribution is -2.10. The molecule has 108 valence electrons. The van der Waals surface area contributed by atoms with Crippen LogP contribution in [0.15, 0.2) is 34.8 Å². The van der Waals surface area contributed by atoms with E-state index in [4.69, 9.17) is 4.74 Å². The van der Waals surface area contributed by atoms with Crippen molar-refractivity contribution in [2.24, 2.45) is 5.92 Å². The molecule has 2 rings (SSSR count). The molecule has 1 aliphatic rings. The number of benzene rings is 1. The molecule has 0 unspecified atom stereocenters. The molecule has 1 fully saturated rings. The zero-order chi connectivity index (χ0) is 14.4. The summed E-state index contributed by atoms with van der Waals surface area (Å²) in [5, 5.41) is 0. The highest BCUT2D eigenvalue weighted by molar-refractivity contribution is 9.10. The number of esters is 1. The van der Waals surface area contributed by atoms with Crippen LogP contribution in [0.1, 0.15) is 44.6 Å². The molecule has 1 aliphatic carbocycles. The lowest BCUT2D eigenvalue weighted by Gasteiger charge is -2.19. The molecule has 0 heterocycles. The van der Waals surface area contributed by atoms with Gasteiger partial charge in [-0.2, -0.15) is 0 Å². The molecule has 3 heteroatoms. The molecule has 20 heavy (non-hydrogen) atoms. The smallest absolute Gasteiger partial charge is 0.338 e. The third-order valence-electron chi connectivity index (χ3n) is 3.70. The van der Waals surface area contributed by atoms with Crippen molar-refractivity contribution in [3.63, 3.8) is 0 Å². The number of hydrogen-bond donors (Lipinski definition) is 0. The molecular formula is C17H21BrO2. The molecule has 0 aromatic heterocycles. The average molecular weight is 337 g/mol. The minimum absolute atomic E-state index is 0.208. The lowest BCUT2D eigenvalue weighted by molar-refractivity contribution is -0.136. The Labute approximate surface area is 129 Å². The van der Waals surface area contributed by atoms with Crippen LogP contribution >= 0.6 is 15.9 Å². The van der Waals surface area contributed by atoms with Crippen molar-refractivity contribution >= 4 is 27.5 Å². The number of allylic oxidation sites excluding steroid dienone is 1. The summed E-state index contributed by atoms with van der Waals surface area (Å²) < 4.78 is 6.23. The van der Waals surface area contributed by atoms with E-state index in [9.17, 15) is 4.79 Å². The van der Waals surface area contributed by atoms with Gasteiger partial charge in [0.2, 0.25) is 0 Å². The van der Waals surface area contributed by atoms with Crippen molar-refractivity contribution in [1.82, 2.24) is 0 Å². The largest absolute Gasteiger partial charge is 0.462 e. The van der Waals surface area contributed by atoms with Crippen molar-refractivity contribution < 1.29 is 9.53 Å². The van der Waals surface area contributed by atoms with Crippen molar-refractivity contribution in [3.8, 4) is 0 Å². The SMILES string of the molecule is CCOC(=O)C(=CC1CCCCC1)c1ccc(Br)cc1. The van der Waals surface area contributed by atoms with Crippen LogP contribution in [0, 0.1) is 5.92 Å². The van der Waals surface area contributed by atoms with Gasteiger partial charge >= 0.3 is 5.97 Å². The van der Waals surface area contributed by atoms with Crippen LogP contribution in [0.3, 0.4) is 0 Å². The molecule has 1 saturated carbocycles. The summed E-state index contributed by atoms with van der Waals surface area (Å²) in [6.07, 6.45) is 8.33. The van der Waals surface area contributed by atoms with Crippen LogP contribution in [0.25, 0.3) is 5.57 Å². The number of carbonyl (C=O) groups excluding carboxylic acids is 1. The van der Waals surface area contributed by atoms with Crippen LogP contribution in [-0.2, 0) is 9.53 Å². The van der Waals surface area contributed by atoms with Gasteiger partial charge in [-0.1, -0.05) is 53.4 Å². The summed E-state index contributed by atoms with van der Waals surface area (Å²) in [4.78, 5) is 12.2. The van der Waals surface area contributed by atoms with E-state index in [1.165, 1.54) is 32.1 Å². The van der Waals surface area contributed by atoms with Crippen LogP contribution in [0.4, 0.5) is 0 Å². The molecule has 0 amide bonds. The molecular weight excluding hydrogens is 316 g/mol. The third-order valence-corrected chi connectivity index (χ3v) is 4.23. The Balaban J connectivity index is 2.25. The second-order valence-corrected chi connectivity index (χ2v) is 6.12. The summed E-state index contributed by atoms with van der Waals surface area (Å²) in [5.41, 5.74) is 1.66. The maximum atomic E-state index is 12.2. The van der Waals surface area contributed by atoms with Gasteiger partial charge in [0, 0.05) is 4.47 Å². The van der Waals surface area contributed by atoms with Crippen LogP contribution in [0.5, 0.6) is 0 Å². The van der Waals surface area contributed by atoms with E-state index in [-0.39, 0.29) is 5.97 Å². The van der Waals surface area contributed by atoms with E-state index < -0.39 is 0 Å². The monoisotopic (exact) mass is 336 g/mol. The summed E-state index contributed by atoms with van der Waals surface area (Å²) in [5.74, 6) is 0.298. The predicted molar refractivity (Wildman–Crippen MR) is 85.3 cm³/mol. The Kier molecular flexibility index (Phi) is 5.84. The first kappa shape index (κ1) is 15.3. The maximum absolute atomic E-state index is 12.2. The van der Waals surface area contributed by atoms with Gasteiger partial charge in [-0.05, 0) is 43.4 Å². The molecule has 0 radical (unpaired) electrons. The lowest BCUT2D eigenvalue weighted by atomic mass is 9.87. The Morgan fingerprint density at radius 1 is 1.25 bits per heavy atom. The second-order valence-electron chi connectivity index (χ2n) is 5.21. The van der Waals surface area contributed by atoms with Crippen molar-refractivity contribution in [2.45, 2.75) is 39.0 Å². The Morgan fingerprint density at radius 3 is 2.50 bits per heavy atom. The zero-order valence-corrected chi connectivity index (χ0v) is 13.5. The first-order valence-corrected chi connectivity index (χ1v) is 8.15. The molecule has 0 atom stereocenters. The summed E-state index contributed by atoms with van der Waals surface area (Å²) >= 11 is 3.43. The number of carbonyl (C=O) groups is 1.